The molecule has 0 unspecified atom stereocenters. The van der Waals surface area contributed by atoms with Gasteiger partial charge in [0.2, 0.25) is 0 Å². The molecule has 0 atom stereocenters. The summed E-state index contributed by atoms with van der Waals surface area (Å²) in [5.74, 6) is 0.589. The minimum Gasteiger partial charge on any atom is -0.506 e. The third-order valence-corrected chi connectivity index (χ3v) is 5.84. The summed E-state index contributed by atoms with van der Waals surface area (Å²) in [7, 11) is 0. The number of phenols is 2. The monoisotopic (exact) mass is 268 g/mol. The largest absolute Gasteiger partial charge is 0.506 e. The highest BCUT2D eigenvalue weighted by atomic mass is 32.2. The number of aryl methyl sites for hydroxylation is 1. The maximum atomic E-state index is 10.0. The minimum absolute atomic E-state index is 0.280. The number of benzene rings is 1. The van der Waals surface area contributed by atoms with Crippen molar-refractivity contribution in [3.63, 3.8) is 0 Å². The fraction of sp³-hybridized carbons (Fsp3) is 0.417. The maximum absolute atomic E-state index is 10.0. The van der Waals surface area contributed by atoms with Crippen molar-refractivity contribution < 1.29 is 10.2 Å². The predicted octanol–water partition coefficient (Wildman–Crippen LogP) is 2.25. The Balaban J connectivity index is 2.36. The topological polar surface area (TPSA) is 43.5 Å². The molecule has 0 aliphatic carbocycles. The van der Waals surface area contributed by atoms with Crippen LogP contribution in [0, 0.1) is 6.92 Å². The van der Waals surface area contributed by atoms with Gasteiger partial charge < -0.3 is 10.2 Å². The van der Waals surface area contributed by atoms with Crippen molar-refractivity contribution in [3.05, 3.63) is 15.6 Å². The van der Waals surface area contributed by atoms with Crippen molar-refractivity contribution in [3.8, 4) is 11.5 Å². The van der Waals surface area contributed by atoms with E-state index in [1.54, 1.807) is 28.7 Å². The number of nitrogens with zero attached hydrogens (tertiary/aromatic N) is 1. The van der Waals surface area contributed by atoms with E-state index in [1.807, 2.05) is 6.92 Å². The number of hydrogen-bond donors (Lipinski definition) is 2. The first-order valence-electron chi connectivity index (χ1n) is 5.70. The first kappa shape index (κ1) is 11.0. The van der Waals surface area contributed by atoms with Crippen LogP contribution in [0.5, 0.6) is 11.5 Å². The summed E-state index contributed by atoms with van der Waals surface area (Å²) in [6.07, 6.45) is 2.47. The fourth-order valence-corrected chi connectivity index (χ4v) is 4.86. The van der Waals surface area contributed by atoms with Gasteiger partial charge in [-0.25, -0.2) is 4.58 Å². The molecule has 3 nitrogen and oxygen atoms in total. The molecule has 0 saturated carbocycles. The molecule has 17 heavy (non-hydrogen) atoms. The average molecular weight is 268 g/mol. The van der Waals surface area contributed by atoms with Gasteiger partial charge >= 0.3 is 3.98 Å². The van der Waals surface area contributed by atoms with Crippen LogP contribution in [0.3, 0.4) is 0 Å². The van der Waals surface area contributed by atoms with Crippen molar-refractivity contribution in [1.82, 2.24) is 4.58 Å². The van der Waals surface area contributed by atoms with E-state index >= 15 is 0 Å². The molecule has 1 fully saturated rings. The number of fused-ring (bicyclic) bond motifs is 1. The van der Waals surface area contributed by atoms with Crippen molar-refractivity contribution in [2.75, 3.05) is 13.1 Å². The highest BCUT2D eigenvalue weighted by Crippen LogP contribution is 2.38. The van der Waals surface area contributed by atoms with Crippen LogP contribution < -0.4 is 8.56 Å². The maximum Gasteiger partial charge on any atom is 0.315 e. The Morgan fingerprint density at radius 2 is 1.76 bits per heavy atom. The van der Waals surface area contributed by atoms with Crippen LogP contribution in [0.15, 0.2) is 6.07 Å². The molecular formula is C12H14NO2S2+. The second-order valence-corrected chi connectivity index (χ2v) is 6.64. The molecule has 0 radical (unpaired) electrons. The number of phenolic OH excluding ortho intramolecular Hbond substituents is 2. The lowest BCUT2D eigenvalue weighted by Gasteiger charge is -2.00. The summed E-state index contributed by atoms with van der Waals surface area (Å²) in [5.41, 5.74) is 0.733. The van der Waals surface area contributed by atoms with Crippen LogP contribution >= 0.6 is 22.7 Å². The lowest BCUT2D eigenvalue weighted by Crippen LogP contribution is -2.21. The molecule has 1 aromatic heterocycles. The summed E-state index contributed by atoms with van der Waals surface area (Å²) in [4.78, 5) is 0. The summed E-state index contributed by atoms with van der Waals surface area (Å²) >= 11 is 3.16. The van der Waals surface area contributed by atoms with E-state index in [9.17, 15) is 10.2 Å². The molecule has 1 aliphatic rings. The highest BCUT2D eigenvalue weighted by molar-refractivity contribution is 7.36. The van der Waals surface area contributed by atoms with E-state index in [4.69, 9.17) is 0 Å². The van der Waals surface area contributed by atoms with Gasteiger partial charge in [-0.3, -0.25) is 0 Å². The van der Waals surface area contributed by atoms with Gasteiger partial charge in [0, 0.05) is 12.8 Å². The average Bonchev–Trinajstić information content (AvgIpc) is 2.94. The standard InChI is InChI=1S/C12H13NO2S2/c1-7-6-8(14)10-11(9(7)15)17-12(16-10)13-4-2-3-5-13/h6H,2-5H2,1H3,(H-,14,15)/p+1. The van der Waals surface area contributed by atoms with E-state index in [0.717, 1.165) is 28.1 Å². The third kappa shape index (κ3) is 1.73. The summed E-state index contributed by atoms with van der Waals surface area (Å²) in [6.45, 7) is 3.99. The van der Waals surface area contributed by atoms with Gasteiger partial charge in [0.1, 0.15) is 24.6 Å². The second kappa shape index (κ2) is 3.99. The van der Waals surface area contributed by atoms with Crippen LogP contribution in [0.4, 0.5) is 0 Å². The van der Waals surface area contributed by atoms with Gasteiger partial charge in [0.25, 0.3) is 0 Å². The van der Waals surface area contributed by atoms with Crippen LogP contribution in [0.25, 0.3) is 9.40 Å². The van der Waals surface area contributed by atoms with Crippen molar-refractivity contribution in [2.45, 2.75) is 19.8 Å². The van der Waals surface area contributed by atoms with Gasteiger partial charge in [0.15, 0.2) is 0 Å². The molecule has 1 aliphatic heterocycles. The van der Waals surface area contributed by atoms with E-state index < -0.39 is 0 Å². The van der Waals surface area contributed by atoms with Gasteiger partial charge in [0.05, 0.1) is 9.40 Å². The van der Waals surface area contributed by atoms with E-state index in [0.29, 0.717) is 5.75 Å². The second-order valence-electron chi connectivity index (χ2n) is 4.38. The molecule has 90 valence electrons. The quantitative estimate of drug-likeness (QED) is 0.568. The van der Waals surface area contributed by atoms with Crippen molar-refractivity contribution in [2.24, 2.45) is 0 Å². The third-order valence-electron chi connectivity index (χ3n) is 3.12. The Kier molecular flexibility index (Phi) is 2.60. The molecule has 0 spiro atoms. The van der Waals surface area contributed by atoms with Crippen LogP contribution in [-0.4, -0.2) is 23.3 Å². The number of hydrogen-bond acceptors (Lipinski definition) is 4. The molecule has 3 rings (SSSR count). The Bertz CT molecular complexity index is 646. The molecule has 1 aromatic carbocycles. The molecule has 2 heterocycles. The smallest absolute Gasteiger partial charge is 0.315 e. The summed E-state index contributed by atoms with van der Waals surface area (Å²) < 4.78 is 5.15. The predicted molar refractivity (Wildman–Crippen MR) is 72.0 cm³/mol. The first-order valence-corrected chi connectivity index (χ1v) is 7.33. The molecular weight excluding hydrogens is 254 g/mol. The van der Waals surface area contributed by atoms with E-state index in [-0.39, 0.29) is 5.75 Å². The van der Waals surface area contributed by atoms with E-state index in [1.165, 1.54) is 16.8 Å². The van der Waals surface area contributed by atoms with Gasteiger partial charge in [-0.2, -0.15) is 0 Å². The molecule has 2 N–H and O–H groups in total. The van der Waals surface area contributed by atoms with E-state index in [2.05, 4.69) is 4.58 Å². The Morgan fingerprint density at radius 1 is 1.12 bits per heavy atom. The van der Waals surface area contributed by atoms with Gasteiger partial charge in [-0.05, 0) is 18.6 Å². The molecule has 0 bridgehead atoms. The minimum atomic E-state index is 0.280. The molecule has 1 saturated heterocycles. The van der Waals surface area contributed by atoms with Crippen LogP contribution in [0.1, 0.15) is 18.4 Å². The lowest BCUT2D eigenvalue weighted by atomic mass is 10.2. The molecule has 5 heteroatoms. The van der Waals surface area contributed by atoms with Crippen molar-refractivity contribution >= 4 is 32.1 Å². The lowest BCUT2D eigenvalue weighted by molar-refractivity contribution is 0.467. The number of aromatic hydroxyl groups is 2. The summed E-state index contributed by atoms with van der Waals surface area (Å²) in [5, 5.41) is 19.9. The van der Waals surface area contributed by atoms with Gasteiger partial charge in [-0.1, -0.05) is 22.7 Å². The Labute approximate surface area is 107 Å². The van der Waals surface area contributed by atoms with Crippen LogP contribution in [-0.2, 0) is 0 Å². The highest BCUT2D eigenvalue weighted by Gasteiger charge is 2.19. The zero-order chi connectivity index (χ0) is 12.0. The fourth-order valence-electron chi connectivity index (χ4n) is 2.16. The first-order chi connectivity index (χ1) is 8.16. The van der Waals surface area contributed by atoms with Crippen molar-refractivity contribution in [1.29, 1.82) is 0 Å². The molecule has 2 aromatic rings. The van der Waals surface area contributed by atoms with Gasteiger partial charge in [-0.15, -0.1) is 0 Å². The zero-order valence-corrected chi connectivity index (χ0v) is 11.2. The SMILES string of the molecule is Cc1cc(O)c2sc(=[N+]3CCCC3)sc2c1O. The molecule has 0 amide bonds. The summed E-state index contributed by atoms with van der Waals surface area (Å²) in [6, 6.07) is 1.63. The van der Waals surface area contributed by atoms with Crippen LogP contribution in [0.2, 0.25) is 0 Å². The zero-order valence-electron chi connectivity index (χ0n) is 9.56. The Hall–Kier alpha value is -1.07. The normalized spacial score (nSPS) is 15.9. The number of rotatable bonds is 0. The Morgan fingerprint density at radius 3 is 2.47 bits per heavy atom.